The van der Waals surface area contributed by atoms with E-state index in [2.05, 4.69) is 66.9 Å². The minimum Gasteiger partial charge on any atom is -0.312 e. The van der Waals surface area contributed by atoms with Crippen molar-refractivity contribution >= 4 is 11.6 Å². The molecule has 0 spiro atoms. The lowest BCUT2D eigenvalue weighted by Gasteiger charge is -2.22. The molecule has 2 N–H and O–H groups in total. The van der Waals surface area contributed by atoms with E-state index in [1.54, 1.807) is 0 Å². The highest BCUT2D eigenvalue weighted by molar-refractivity contribution is 5.96. The molecule has 1 atom stereocenters. The molecule has 1 unspecified atom stereocenters. The molecule has 4 rings (SSSR count). The largest absolute Gasteiger partial charge is 0.312 e. The van der Waals surface area contributed by atoms with E-state index in [4.69, 9.17) is 0 Å². The van der Waals surface area contributed by atoms with Crippen LogP contribution in [0.15, 0.2) is 42.5 Å². The lowest BCUT2D eigenvalue weighted by molar-refractivity contribution is -0.117. The standard InChI is InChI=1S/C28H39N3O/c1-3-5-21(6-4-2)17-30-18-22-7-9-23(10-8-22)26-16-28(32)31(20-26)27-12-11-25-19-29-14-13-24(25)15-27/h7-12,15,21,26,29-30H,3-6,13-14,16-20H2,1-2H3. The number of hydrogen-bond donors (Lipinski definition) is 2. The molecular weight excluding hydrogens is 394 g/mol. The van der Waals surface area contributed by atoms with Crippen molar-refractivity contribution in [2.45, 2.75) is 71.4 Å². The summed E-state index contributed by atoms with van der Waals surface area (Å²) in [6, 6.07) is 15.5. The zero-order valence-electron chi connectivity index (χ0n) is 19.8. The summed E-state index contributed by atoms with van der Waals surface area (Å²) >= 11 is 0. The number of carbonyl (C=O) groups excluding carboxylic acids is 1. The van der Waals surface area contributed by atoms with E-state index in [-0.39, 0.29) is 11.8 Å². The third-order valence-corrected chi connectivity index (χ3v) is 7.12. The van der Waals surface area contributed by atoms with Gasteiger partial charge in [-0.15, -0.1) is 0 Å². The van der Waals surface area contributed by atoms with Gasteiger partial charge in [-0.3, -0.25) is 4.79 Å². The van der Waals surface area contributed by atoms with E-state index in [0.717, 1.165) is 50.7 Å². The summed E-state index contributed by atoms with van der Waals surface area (Å²) < 4.78 is 0. The fourth-order valence-electron chi connectivity index (χ4n) is 5.31. The Hall–Kier alpha value is -2.17. The Balaban J connectivity index is 1.33. The normalized spacial score (nSPS) is 18.4. The van der Waals surface area contributed by atoms with E-state index >= 15 is 0 Å². The molecule has 2 aliphatic rings. The van der Waals surface area contributed by atoms with Gasteiger partial charge in [0.05, 0.1) is 0 Å². The average molecular weight is 434 g/mol. The minimum absolute atomic E-state index is 0.243. The molecule has 172 valence electrons. The second-order valence-electron chi connectivity index (χ2n) is 9.60. The summed E-state index contributed by atoms with van der Waals surface area (Å²) in [5.74, 6) is 1.31. The third-order valence-electron chi connectivity index (χ3n) is 7.12. The van der Waals surface area contributed by atoms with Crippen LogP contribution in [0.3, 0.4) is 0 Å². The van der Waals surface area contributed by atoms with Gasteiger partial charge in [0.2, 0.25) is 5.91 Å². The second-order valence-corrected chi connectivity index (χ2v) is 9.60. The van der Waals surface area contributed by atoms with E-state index in [9.17, 15) is 4.79 Å². The SMILES string of the molecule is CCCC(CCC)CNCc1ccc(C2CC(=O)N(c3ccc4c(c3)CCNC4)C2)cc1. The van der Waals surface area contributed by atoms with Gasteiger partial charge in [0.15, 0.2) is 0 Å². The molecular formula is C28H39N3O. The molecule has 0 bridgehead atoms. The van der Waals surface area contributed by atoms with Gasteiger partial charge in [-0.1, -0.05) is 57.0 Å². The Morgan fingerprint density at radius 2 is 1.84 bits per heavy atom. The van der Waals surface area contributed by atoms with Gasteiger partial charge in [-0.25, -0.2) is 0 Å². The fourth-order valence-corrected chi connectivity index (χ4v) is 5.31. The van der Waals surface area contributed by atoms with Crippen molar-refractivity contribution in [1.29, 1.82) is 0 Å². The van der Waals surface area contributed by atoms with Crippen LogP contribution in [0.4, 0.5) is 5.69 Å². The van der Waals surface area contributed by atoms with Crippen LogP contribution in [0.25, 0.3) is 0 Å². The Morgan fingerprint density at radius 1 is 1.06 bits per heavy atom. The second kappa shape index (κ2) is 11.1. The number of anilines is 1. The summed E-state index contributed by atoms with van der Waals surface area (Å²) in [4.78, 5) is 14.8. The lowest BCUT2D eigenvalue weighted by Crippen LogP contribution is -2.27. The maximum absolute atomic E-state index is 12.8. The van der Waals surface area contributed by atoms with E-state index in [1.807, 2.05) is 4.90 Å². The summed E-state index contributed by atoms with van der Waals surface area (Å²) in [6.45, 7) is 9.32. The lowest BCUT2D eigenvalue weighted by atomic mass is 9.96. The first-order valence-corrected chi connectivity index (χ1v) is 12.6. The highest BCUT2D eigenvalue weighted by Gasteiger charge is 2.32. The number of benzene rings is 2. The van der Waals surface area contributed by atoms with Crippen molar-refractivity contribution in [3.05, 3.63) is 64.7 Å². The van der Waals surface area contributed by atoms with Gasteiger partial charge in [0.1, 0.15) is 0 Å². The van der Waals surface area contributed by atoms with Gasteiger partial charge in [-0.05, 0) is 72.7 Å². The zero-order valence-corrected chi connectivity index (χ0v) is 19.8. The average Bonchev–Trinajstić information content (AvgIpc) is 3.21. The smallest absolute Gasteiger partial charge is 0.227 e. The first-order chi connectivity index (χ1) is 15.7. The third kappa shape index (κ3) is 5.60. The van der Waals surface area contributed by atoms with Gasteiger partial charge in [0, 0.05) is 37.7 Å². The molecule has 0 aromatic heterocycles. The highest BCUT2D eigenvalue weighted by atomic mass is 16.2. The number of nitrogens with zero attached hydrogens (tertiary/aromatic N) is 1. The fraction of sp³-hybridized carbons (Fsp3) is 0.536. The predicted octanol–water partition coefficient (Wildman–Crippen LogP) is 5.16. The molecule has 4 heteroatoms. The van der Waals surface area contributed by atoms with Crippen LogP contribution in [0, 0.1) is 5.92 Å². The van der Waals surface area contributed by atoms with Crippen molar-refractivity contribution < 1.29 is 4.79 Å². The quantitative estimate of drug-likeness (QED) is 0.544. The minimum atomic E-state index is 0.243. The van der Waals surface area contributed by atoms with Crippen LogP contribution in [0.1, 0.15) is 74.1 Å². The Morgan fingerprint density at radius 3 is 2.59 bits per heavy atom. The maximum atomic E-state index is 12.8. The van der Waals surface area contributed by atoms with Crippen LogP contribution in [-0.4, -0.2) is 25.5 Å². The molecule has 0 saturated carbocycles. The summed E-state index contributed by atoms with van der Waals surface area (Å²) in [6.07, 6.45) is 6.80. The molecule has 1 saturated heterocycles. The molecule has 2 heterocycles. The van der Waals surface area contributed by atoms with Crippen LogP contribution < -0.4 is 15.5 Å². The molecule has 4 nitrogen and oxygen atoms in total. The highest BCUT2D eigenvalue weighted by Crippen LogP contribution is 2.33. The monoisotopic (exact) mass is 433 g/mol. The number of amides is 1. The molecule has 2 aromatic rings. The maximum Gasteiger partial charge on any atom is 0.227 e. The summed E-state index contributed by atoms with van der Waals surface area (Å²) in [5.41, 5.74) is 6.41. The molecule has 0 radical (unpaired) electrons. The predicted molar refractivity (Wildman–Crippen MR) is 133 cm³/mol. The molecule has 1 fully saturated rings. The number of nitrogens with one attached hydrogen (secondary N) is 2. The molecule has 1 amide bonds. The first kappa shape index (κ1) is 23.0. The Labute approximate surface area is 193 Å². The van der Waals surface area contributed by atoms with Crippen molar-refractivity contribution in [1.82, 2.24) is 10.6 Å². The zero-order chi connectivity index (χ0) is 22.3. The Bertz CT molecular complexity index is 886. The van der Waals surface area contributed by atoms with Crippen LogP contribution in [0.2, 0.25) is 0 Å². The first-order valence-electron chi connectivity index (χ1n) is 12.6. The van der Waals surface area contributed by atoms with Crippen molar-refractivity contribution in [3.63, 3.8) is 0 Å². The van der Waals surface area contributed by atoms with Gasteiger partial charge in [0.25, 0.3) is 0 Å². The van der Waals surface area contributed by atoms with E-state index < -0.39 is 0 Å². The van der Waals surface area contributed by atoms with Crippen LogP contribution >= 0.6 is 0 Å². The molecule has 0 aliphatic carbocycles. The molecule has 2 aliphatic heterocycles. The molecule has 2 aromatic carbocycles. The Kier molecular flexibility index (Phi) is 7.99. The number of rotatable bonds is 10. The van der Waals surface area contributed by atoms with Crippen molar-refractivity contribution in [3.8, 4) is 0 Å². The topological polar surface area (TPSA) is 44.4 Å². The van der Waals surface area contributed by atoms with Crippen molar-refractivity contribution in [2.24, 2.45) is 5.92 Å². The number of fused-ring (bicyclic) bond motifs is 1. The number of hydrogen-bond acceptors (Lipinski definition) is 3. The van der Waals surface area contributed by atoms with Crippen molar-refractivity contribution in [2.75, 3.05) is 24.5 Å². The van der Waals surface area contributed by atoms with Gasteiger partial charge >= 0.3 is 0 Å². The number of carbonyl (C=O) groups is 1. The van der Waals surface area contributed by atoms with Crippen LogP contribution in [-0.2, 0) is 24.3 Å². The van der Waals surface area contributed by atoms with Gasteiger partial charge in [-0.2, -0.15) is 0 Å². The van der Waals surface area contributed by atoms with E-state index in [0.29, 0.717) is 6.42 Å². The summed E-state index contributed by atoms with van der Waals surface area (Å²) in [5, 5.41) is 7.07. The van der Waals surface area contributed by atoms with Crippen LogP contribution in [0.5, 0.6) is 0 Å². The van der Waals surface area contributed by atoms with Gasteiger partial charge < -0.3 is 15.5 Å². The van der Waals surface area contributed by atoms with E-state index in [1.165, 1.54) is 47.9 Å². The summed E-state index contributed by atoms with van der Waals surface area (Å²) in [7, 11) is 0. The molecule has 32 heavy (non-hydrogen) atoms.